The van der Waals surface area contributed by atoms with Gasteiger partial charge in [0, 0.05) is 41.6 Å². The molecule has 0 bridgehead atoms. The van der Waals surface area contributed by atoms with Gasteiger partial charge in [0.1, 0.15) is 5.75 Å². The zero-order valence-corrected chi connectivity index (χ0v) is 24.4. The van der Waals surface area contributed by atoms with E-state index < -0.39 is 0 Å². The first-order chi connectivity index (χ1) is 17.5. The molecule has 192 valence electrons. The predicted octanol–water partition coefficient (Wildman–Crippen LogP) is 6.15. The maximum absolute atomic E-state index is 6.08. The Labute approximate surface area is 235 Å². The van der Waals surface area contributed by atoms with Crippen molar-refractivity contribution in [3.63, 3.8) is 0 Å². The average molecular weight is 610 g/mol. The molecule has 37 heavy (non-hydrogen) atoms. The van der Waals surface area contributed by atoms with Crippen LogP contribution in [0.3, 0.4) is 0 Å². The van der Waals surface area contributed by atoms with E-state index in [1.165, 1.54) is 5.56 Å². The van der Waals surface area contributed by atoms with Crippen LogP contribution in [0.5, 0.6) is 5.75 Å². The smallest absolute Gasteiger partial charge is 0.370 e. The summed E-state index contributed by atoms with van der Waals surface area (Å²) in [6.07, 6.45) is 6.19. The van der Waals surface area contributed by atoms with Crippen molar-refractivity contribution in [1.82, 2.24) is 9.88 Å². The van der Waals surface area contributed by atoms with Gasteiger partial charge in [-0.2, -0.15) is 0 Å². The van der Waals surface area contributed by atoms with E-state index in [9.17, 15) is 0 Å². The number of aromatic nitrogens is 2. The van der Waals surface area contributed by atoms with E-state index in [-0.39, 0.29) is 24.0 Å². The van der Waals surface area contributed by atoms with Gasteiger partial charge in [-0.15, -0.1) is 24.0 Å². The van der Waals surface area contributed by atoms with Crippen molar-refractivity contribution in [2.24, 2.45) is 7.05 Å². The molecule has 0 fully saturated rings. The fraction of sp³-hybridized carbons (Fsp3) is 0.267. The molecule has 2 aromatic carbocycles. The van der Waals surface area contributed by atoms with E-state index in [0.29, 0.717) is 5.89 Å². The van der Waals surface area contributed by atoms with E-state index in [4.69, 9.17) is 14.1 Å². The highest BCUT2D eigenvalue weighted by Gasteiger charge is 2.24. The van der Waals surface area contributed by atoms with Gasteiger partial charge in [0.15, 0.2) is 0 Å². The van der Waals surface area contributed by atoms with E-state index >= 15 is 0 Å². The second-order valence-corrected chi connectivity index (χ2v) is 9.09. The lowest BCUT2D eigenvalue weighted by atomic mass is 9.94. The number of allylic oxidation sites excluding steroid dienone is 2. The fourth-order valence-electron chi connectivity index (χ4n) is 4.73. The van der Waals surface area contributed by atoms with E-state index in [0.717, 1.165) is 64.7 Å². The molecule has 0 radical (unpaired) electrons. The zero-order valence-electron chi connectivity index (χ0n) is 22.1. The third-order valence-corrected chi connectivity index (χ3v) is 6.90. The van der Waals surface area contributed by atoms with Crippen LogP contribution >= 0.6 is 24.0 Å². The van der Waals surface area contributed by atoms with Crippen molar-refractivity contribution in [2.75, 3.05) is 32.1 Å². The molecular weight excluding hydrogens is 575 g/mol. The summed E-state index contributed by atoms with van der Waals surface area (Å²) in [7, 11) is 5.77. The molecule has 0 N–H and O–H groups in total. The molecule has 0 spiro atoms. The number of hydrogen-bond acceptors (Lipinski definition) is 5. The Bertz CT molecular complexity index is 1450. The van der Waals surface area contributed by atoms with Crippen LogP contribution in [-0.4, -0.2) is 37.1 Å². The molecule has 7 heteroatoms. The van der Waals surface area contributed by atoms with Gasteiger partial charge in [0.05, 0.1) is 20.4 Å². The Kier molecular flexibility index (Phi) is 8.34. The minimum atomic E-state index is 0. The molecule has 0 amide bonds. The first-order valence-corrected chi connectivity index (χ1v) is 12.4. The fourth-order valence-corrected chi connectivity index (χ4v) is 4.73. The van der Waals surface area contributed by atoms with Crippen molar-refractivity contribution in [3.05, 3.63) is 89.5 Å². The number of aryl methyl sites for hydroxylation is 1. The first-order valence-electron chi connectivity index (χ1n) is 12.4. The first kappa shape index (κ1) is 26.9. The van der Waals surface area contributed by atoms with Crippen molar-refractivity contribution < 1.29 is 13.7 Å². The monoisotopic (exact) mass is 609 g/mol. The van der Waals surface area contributed by atoms with Gasteiger partial charge in [0.2, 0.25) is 5.58 Å². The summed E-state index contributed by atoms with van der Waals surface area (Å²) in [6.45, 7) is 7.47. The topological polar surface area (TPSA) is 45.6 Å². The van der Waals surface area contributed by atoms with Gasteiger partial charge in [-0.25, -0.2) is 4.57 Å². The van der Waals surface area contributed by atoms with Crippen LogP contribution in [0.2, 0.25) is 0 Å². The van der Waals surface area contributed by atoms with Crippen LogP contribution in [0.25, 0.3) is 28.6 Å². The molecule has 0 unspecified atom stereocenters. The summed E-state index contributed by atoms with van der Waals surface area (Å²) in [5, 5.41) is 0. The summed E-state index contributed by atoms with van der Waals surface area (Å²) >= 11 is 0. The van der Waals surface area contributed by atoms with E-state index in [1.807, 2.05) is 42.1 Å². The third-order valence-electron chi connectivity index (χ3n) is 6.90. The zero-order chi connectivity index (χ0) is 25.2. The summed E-state index contributed by atoms with van der Waals surface area (Å²) in [5.74, 6) is 1.39. The maximum Gasteiger partial charge on any atom is 0.370 e. The molecule has 6 nitrogen and oxygen atoms in total. The number of anilines is 1. The van der Waals surface area contributed by atoms with Crippen LogP contribution in [0.1, 0.15) is 36.4 Å². The Morgan fingerprint density at radius 2 is 1.84 bits per heavy atom. The van der Waals surface area contributed by atoms with Crippen molar-refractivity contribution in [1.29, 1.82) is 0 Å². The molecule has 1 aliphatic heterocycles. The Balaban J connectivity index is 0.00000320. The number of methoxy groups -OCH3 is 1. The lowest BCUT2D eigenvalue weighted by Crippen LogP contribution is -2.28. The number of rotatable bonds is 7. The molecule has 0 aliphatic carbocycles. The number of fused-ring (bicyclic) bond motifs is 2. The van der Waals surface area contributed by atoms with Crippen molar-refractivity contribution in [3.8, 4) is 5.75 Å². The molecule has 2 aromatic heterocycles. The highest BCUT2D eigenvalue weighted by atomic mass is 127. The quantitative estimate of drug-likeness (QED) is 0.186. The highest BCUT2D eigenvalue weighted by molar-refractivity contribution is 14.0. The van der Waals surface area contributed by atoms with Gasteiger partial charge in [-0.05, 0) is 66.2 Å². The van der Waals surface area contributed by atoms with Crippen LogP contribution < -0.4 is 14.2 Å². The highest BCUT2D eigenvalue weighted by Crippen LogP contribution is 2.41. The van der Waals surface area contributed by atoms with Gasteiger partial charge in [-0.3, -0.25) is 4.90 Å². The molecule has 1 aliphatic rings. The van der Waals surface area contributed by atoms with Crippen LogP contribution in [0.15, 0.2) is 71.3 Å². The number of hydrogen-bond donors (Lipinski definition) is 0. The summed E-state index contributed by atoms with van der Waals surface area (Å²) in [5.41, 5.74) is 8.39. The number of pyridine rings is 1. The number of oxazole rings is 1. The standard InChI is InChI=1S/C30H33N4O2.HI/c1-6-34(7-2)20-21-10-12-22(13-11-21)27-17-23(25-19-24(35-5)14-15-26(25)33(27)4)18-29-31-30-28(36-29)9-8-16-32(30)3;/h8-19H,6-7,20H2,1-5H3;1H/q+1;. The Morgan fingerprint density at radius 3 is 2.51 bits per heavy atom. The van der Waals surface area contributed by atoms with E-state index in [2.05, 4.69) is 73.2 Å². The number of ether oxygens (including phenoxy) is 1. The average Bonchev–Trinajstić information content (AvgIpc) is 3.33. The minimum absolute atomic E-state index is 0. The lowest BCUT2D eigenvalue weighted by molar-refractivity contribution is -0.646. The SMILES string of the molecule is CCN(CC)Cc1ccc(C2=C/C(=C\c3nc4c(ccc[n+]4C)o3)c3cc(OC)ccc3N2C)cc1.I. The van der Waals surface area contributed by atoms with Crippen LogP contribution in [0, 0.1) is 0 Å². The number of halogens is 1. The largest absolute Gasteiger partial charge is 0.497 e. The normalized spacial score (nSPS) is 14.1. The molecule has 0 atom stereocenters. The molecule has 4 aromatic rings. The van der Waals surface area contributed by atoms with Crippen molar-refractivity contribution >= 4 is 58.2 Å². The molecular formula is C30H34IN4O2+. The molecule has 5 rings (SSSR count). The van der Waals surface area contributed by atoms with Crippen LogP contribution in [0.4, 0.5) is 5.69 Å². The number of benzene rings is 2. The lowest BCUT2D eigenvalue weighted by Gasteiger charge is -2.31. The Morgan fingerprint density at radius 1 is 1.08 bits per heavy atom. The van der Waals surface area contributed by atoms with Gasteiger partial charge < -0.3 is 14.1 Å². The summed E-state index contributed by atoms with van der Waals surface area (Å²) in [6, 6.07) is 19.0. The summed E-state index contributed by atoms with van der Waals surface area (Å²) in [4.78, 5) is 9.39. The second-order valence-electron chi connectivity index (χ2n) is 9.09. The van der Waals surface area contributed by atoms with Crippen LogP contribution in [-0.2, 0) is 13.6 Å². The Hall–Kier alpha value is -3.17. The van der Waals surface area contributed by atoms with Gasteiger partial charge in [0.25, 0.3) is 0 Å². The van der Waals surface area contributed by atoms with Gasteiger partial charge in [-0.1, -0.05) is 38.1 Å². The summed E-state index contributed by atoms with van der Waals surface area (Å²) < 4.78 is 13.6. The number of nitrogens with zero attached hydrogens (tertiary/aromatic N) is 4. The second kappa shape index (κ2) is 11.5. The predicted molar refractivity (Wildman–Crippen MR) is 161 cm³/mol. The molecule has 3 heterocycles. The maximum atomic E-state index is 6.08. The molecule has 0 saturated heterocycles. The third kappa shape index (κ3) is 5.43. The molecule has 0 saturated carbocycles. The minimum Gasteiger partial charge on any atom is -0.497 e. The van der Waals surface area contributed by atoms with E-state index in [1.54, 1.807) is 7.11 Å². The van der Waals surface area contributed by atoms with Gasteiger partial charge >= 0.3 is 11.5 Å². The van der Waals surface area contributed by atoms with Crippen molar-refractivity contribution in [2.45, 2.75) is 20.4 Å².